The van der Waals surface area contributed by atoms with E-state index in [9.17, 15) is 4.79 Å². The van der Waals surface area contributed by atoms with Gasteiger partial charge in [0.15, 0.2) is 5.78 Å². The van der Waals surface area contributed by atoms with Crippen molar-refractivity contribution in [2.45, 2.75) is 32.4 Å². The van der Waals surface area contributed by atoms with Gasteiger partial charge in [-0.2, -0.15) is 0 Å². The second-order valence-electron chi connectivity index (χ2n) is 4.04. The Kier molecular flexibility index (Phi) is 4.74. The average molecular weight is 231 g/mol. The first-order chi connectivity index (χ1) is 8.06. The Balaban J connectivity index is 2.97. The van der Waals surface area contributed by atoms with Gasteiger partial charge in [-0.25, -0.2) is 0 Å². The first-order valence-electron chi connectivity index (χ1n) is 5.55. The lowest BCUT2D eigenvalue weighted by molar-refractivity contribution is 0.0957. The van der Waals surface area contributed by atoms with Gasteiger partial charge in [0.2, 0.25) is 0 Å². The minimum Gasteiger partial charge on any atom is -0.490 e. The minimum atomic E-state index is -0.670. The summed E-state index contributed by atoms with van der Waals surface area (Å²) >= 11 is 0. The zero-order valence-corrected chi connectivity index (χ0v) is 10.1. The highest BCUT2D eigenvalue weighted by Crippen LogP contribution is 2.21. The number of ketones is 1. The van der Waals surface area contributed by atoms with Gasteiger partial charge in [-0.15, -0.1) is 12.3 Å². The van der Waals surface area contributed by atoms with Gasteiger partial charge in [-0.3, -0.25) is 4.79 Å². The first-order valence-corrected chi connectivity index (χ1v) is 5.55. The van der Waals surface area contributed by atoms with E-state index in [0.29, 0.717) is 11.3 Å². The Bertz CT molecular complexity index is 432. The van der Waals surface area contributed by atoms with Crippen molar-refractivity contribution in [2.75, 3.05) is 0 Å². The fraction of sp³-hybridized carbons (Fsp3) is 0.357. The number of nitrogens with two attached hydrogens (primary N) is 1. The van der Waals surface area contributed by atoms with E-state index in [1.807, 2.05) is 19.9 Å². The Hall–Kier alpha value is -1.79. The van der Waals surface area contributed by atoms with E-state index in [4.69, 9.17) is 16.9 Å². The van der Waals surface area contributed by atoms with Gasteiger partial charge in [-0.1, -0.05) is 12.1 Å². The molecule has 0 bridgehead atoms. The number of terminal acetylenes is 1. The highest BCUT2D eigenvalue weighted by molar-refractivity contribution is 6.02. The molecule has 0 spiro atoms. The number of para-hydroxylation sites is 1. The molecule has 0 aliphatic heterocycles. The molecule has 1 unspecified atom stereocenters. The van der Waals surface area contributed by atoms with E-state index in [2.05, 4.69) is 5.92 Å². The van der Waals surface area contributed by atoms with Crippen molar-refractivity contribution in [2.24, 2.45) is 5.73 Å². The second-order valence-corrected chi connectivity index (χ2v) is 4.04. The van der Waals surface area contributed by atoms with E-state index in [1.165, 1.54) is 0 Å². The first kappa shape index (κ1) is 13.3. The topological polar surface area (TPSA) is 52.3 Å². The molecule has 0 saturated carbocycles. The molecular weight excluding hydrogens is 214 g/mol. The molecule has 1 atom stereocenters. The van der Waals surface area contributed by atoms with Gasteiger partial charge in [0.1, 0.15) is 5.75 Å². The summed E-state index contributed by atoms with van der Waals surface area (Å²) in [5.41, 5.74) is 6.20. The molecule has 17 heavy (non-hydrogen) atoms. The molecule has 0 saturated heterocycles. The number of carbonyl (C=O) groups excluding carboxylic acids is 1. The van der Waals surface area contributed by atoms with Crippen LogP contribution in [0.2, 0.25) is 0 Å². The lowest BCUT2D eigenvalue weighted by atomic mass is 10.0. The molecule has 0 aliphatic rings. The lowest BCUT2D eigenvalue weighted by Gasteiger charge is -2.15. The molecule has 3 heteroatoms. The molecule has 90 valence electrons. The molecule has 3 nitrogen and oxygen atoms in total. The highest BCUT2D eigenvalue weighted by Gasteiger charge is 2.18. The van der Waals surface area contributed by atoms with Crippen LogP contribution in [0.4, 0.5) is 0 Å². The maximum atomic E-state index is 12.0. The smallest absolute Gasteiger partial charge is 0.184 e. The standard InChI is InChI=1S/C14H17NO2/c1-4-7-12(15)14(16)11-8-5-6-9-13(11)17-10(2)3/h1,5-6,8-10,12H,7,15H2,2-3H3. The van der Waals surface area contributed by atoms with Crippen LogP contribution in [0.3, 0.4) is 0 Å². The van der Waals surface area contributed by atoms with Crippen LogP contribution in [0.25, 0.3) is 0 Å². The summed E-state index contributed by atoms with van der Waals surface area (Å²) in [6, 6.07) is 6.40. The van der Waals surface area contributed by atoms with Gasteiger partial charge in [0.25, 0.3) is 0 Å². The molecule has 0 aliphatic carbocycles. The number of carbonyl (C=O) groups is 1. The molecule has 0 radical (unpaired) electrons. The molecule has 1 rings (SSSR count). The quantitative estimate of drug-likeness (QED) is 0.623. The molecule has 0 aromatic heterocycles. The monoisotopic (exact) mass is 231 g/mol. The Morgan fingerprint density at radius 3 is 2.71 bits per heavy atom. The molecule has 0 fully saturated rings. The minimum absolute atomic E-state index is 0.00723. The van der Waals surface area contributed by atoms with E-state index in [1.54, 1.807) is 18.2 Å². The third kappa shape index (κ3) is 3.61. The van der Waals surface area contributed by atoms with Crippen molar-refractivity contribution in [3.8, 4) is 18.1 Å². The molecule has 0 heterocycles. The number of hydrogen-bond donors (Lipinski definition) is 1. The van der Waals surface area contributed by atoms with Crippen molar-refractivity contribution >= 4 is 5.78 Å². The number of rotatable bonds is 5. The van der Waals surface area contributed by atoms with Crippen molar-refractivity contribution in [1.82, 2.24) is 0 Å². The SMILES string of the molecule is C#CCC(N)C(=O)c1ccccc1OC(C)C. The highest BCUT2D eigenvalue weighted by atomic mass is 16.5. The summed E-state index contributed by atoms with van der Waals surface area (Å²) in [6.07, 6.45) is 5.39. The van der Waals surface area contributed by atoms with E-state index in [-0.39, 0.29) is 18.3 Å². The summed E-state index contributed by atoms with van der Waals surface area (Å²) in [5, 5.41) is 0. The predicted octanol–water partition coefficient (Wildman–Crippen LogP) is 2.01. The Morgan fingerprint density at radius 2 is 2.12 bits per heavy atom. The zero-order valence-electron chi connectivity index (χ0n) is 10.1. The van der Waals surface area contributed by atoms with Gasteiger partial charge in [0.05, 0.1) is 17.7 Å². The molecule has 1 aromatic rings. The number of Topliss-reactive ketones (excluding diaryl/α,β-unsaturated/α-hetero) is 1. The van der Waals surface area contributed by atoms with Gasteiger partial charge >= 0.3 is 0 Å². The van der Waals surface area contributed by atoms with Crippen LogP contribution in [0, 0.1) is 12.3 Å². The number of hydrogen-bond acceptors (Lipinski definition) is 3. The fourth-order valence-electron chi connectivity index (χ4n) is 1.45. The van der Waals surface area contributed by atoms with Crippen LogP contribution in [-0.2, 0) is 0 Å². The maximum Gasteiger partial charge on any atom is 0.184 e. The van der Waals surface area contributed by atoms with Crippen LogP contribution >= 0.6 is 0 Å². The van der Waals surface area contributed by atoms with E-state index >= 15 is 0 Å². The van der Waals surface area contributed by atoms with E-state index < -0.39 is 6.04 Å². The summed E-state index contributed by atoms with van der Waals surface area (Å²) in [5.74, 6) is 2.77. The van der Waals surface area contributed by atoms with Crippen molar-refractivity contribution in [3.63, 3.8) is 0 Å². The van der Waals surface area contributed by atoms with Crippen LogP contribution < -0.4 is 10.5 Å². The average Bonchev–Trinajstić information content (AvgIpc) is 2.28. The largest absolute Gasteiger partial charge is 0.490 e. The van der Waals surface area contributed by atoms with Crippen LogP contribution in [0.15, 0.2) is 24.3 Å². The molecule has 0 amide bonds. The Labute approximate surface area is 102 Å². The summed E-state index contributed by atoms with van der Waals surface area (Å²) in [7, 11) is 0. The number of benzene rings is 1. The fourth-order valence-corrected chi connectivity index (χ4v) is 1.45. The summed E-state index contributed by atoms with van der Waals surface area (Å²) in [4.78, 5) is 12.0. The van der Waals surface area contributed by atoms with Gasteiger partial charge in [-0.05, 0) is 26.0 Å². The lowest BCUT2D eigenvalue weighted by Crippen LogP contribution is -2.30. The zero-order chi connectivity index (χ0) is 12.8. The number of ether oxygens (including phenoxy) is 1. The normalized spacial score (nSPS) is 11.9. The van der Waals surface area contributed by atoms with Crippen LogP contribution in [0.5, 0.6) is 5.75 Å². The van der Waals surface area contributed by atoms with Crippen molar-refractivity contribution in [3.05, 3.63) is 29.8 Å². The van der Waals surface area contributed by atoms with Crippen molar-refractivity contribution in [1.29, 1.82) is 0 Å². The third-order valence-electron chi connectivity index (χ3n) is 2.19. The van der Waals surface area contributed by atoms with Gasteiger partial charge in [0, 0.05) is 6.42 Å². The molecule has 2 N–H and O–H groups in total. The van der Waals surface area contributed by atoms with E-state index in [0.717, 1.165) is 0 Å². The maximum absolute atomic E-state index is 12.0. The van der Waals surface area contributed by atoms with Crippen LogP contribution in [0.1, 0.15) is 30.6 Å². The Morgan fingerprint density at radius 1 is 1.47 bits per heavy atom. The predicted molar refractivity (Wildman–Crippen MR) is 68.0 cm³/mol. The van der Waals surface area contributed by atoms with Gasteiger partial charge < -0.3 is 10.5 Å². The summed E-state index contributed by atoms with van der Waals surface area (Å²) in [6.45, 7) is 3.81. The summed E-state index contributed by atoms with van der Waals surface area (Å²) < 4.78 is 5.57. The molecular formula is C14H17NO2. The third-order valence-corrected chi connectivity index (χ3v) is 2.19. The van der Waals surface area contributed by atoms with Crippen molar-refractivity contribution < 1.29 is 9.53 Å². The second kappa shape index (κ2) is 6.07. The molecule has 1 aromatic carbocycles. The van der Waals surface area contributed by atoms with Crippen LogP contribution in [-0.4, -0.2) is 17.9 Å².